The molecule has 4 nitrogen and oxygen atoms in total. The van der Waals surface area contributed by atoms with E-state index < -0.39 is 0 Å². The van der Waals surface area contributed by atoms with Gasteiger partial charge in [0.15, 0.2) is 0 Å². The maximum absolute atomic E-state index is 4.90. The van der Waals surface area contributed by atoms with Crippen LogP contribution in [0.5, 0.6) is 0 Å². The van der Waals surface area contributed by atoms with E-state index in [4.69, 9.17) is 9.97 Å². The van der Waals surface area contributed by atoms with Gasteiger partial charge in [-0.3, -0.25) is 0 Å². The summed E-state index contributed by atoms with van der Waals surface area (Å²) in [5.74, 6) is 5.01. The van der Waals surface area contributed by atoms with Crippen molar-refractivity contribution in [2.45, 2.75) is 44.3 Å². The molecule has 0 bridgehead atoms. The molecule has 1 aliphatic carbocycles. The number of hydrogen-bond acceptors (Lipinski definition) is 5. The van der Waals surface area contributed by atoms with Crippen LogP contribution in [0.2, 0.25) is 0 Å². The molecule has 0 spiro atoms. The third-order valence-electron chi connectivity index (χ3n) is 4.21. The molecule has 0 aromatic carbocycles. The molecule has 1 aromatic rings. The minimum absolute atomic E-state index is 0.600. The van der Waals surface area contributed by atoms with Crippen LogP contribution in [0.1, 0.15) is 43.5 Å². The standard InChI is InChI=1S/C15H24N4S/c1-4-12-9-19(7-8-20-12)15-10(2)13(16-3)17-14(18-15)11-5-6-11/h11-12H,4-9H2,1-3H3,(H,16,17,18). The topological polar surface area (TPSA) is 41.1 Å². The Hall–Kier alpha value is -0.970. The fraction of sp³-hybridized carbons (Fsp3) is 0.733. The molecule has 1 unspecified atom stereocenters. The van der Waals surface area contributed by atoms with Crippen molar-refractivity contribution in [1.29, 1.82) is 0 Å². The lowest BCUT2D eigenvalue weighted by molar-refractivity contribution is 0.712. The highest BCUT2D eigenvalue weighted by Gasteiger charge is 2.30. The van der Waals surface area contributed by atoms with Gasteiger partial charge in [-0.2, -0.15) is 11.8 Å². The summed E-state index contributed by atoms with van der Waals surface area (Å²) in [6.07, 6.45) is 3.73. The van der Waals surface area contributed by atoms with E-state index in [0.717, 1.165) is 35.8 Å². The van der Waals surface area contributed by atoms with Crippen molar-refractivity contribution >= 4 is 23.4 Å². The third kappa shape index (κ3) is 2.73. The lowest BCUT2D eigenvalue weighted by Gasteiger charge is -2.34. The third-order valence-corrected chi connectivity index (χ3v) is 5.58. The lowest BCUT2D eigenvalue weighted by Crippen LogP contribution is -2.38. The molecule has 1 atom stereocenters. The van der Waals surface area contributed by atoms with Crippen LogP contribution in [0.3, 0.4) is 0 Å². The van der Waals surface area contributed by atoms with Crippen LogP contribution in [-0.4, -0.2) is 41.1 Å². The Morgan fingerprint density at radius 3 is 2.80 bits per heavy atom. The monoisotopic (exact) mass is 292 g/mol. The van der Waals surface area contributed by atoms with Gasteiger partial charge < -0.3 is 10.2 Å². The summed E-state index contributed by atoms with van der Waals surface area (Å²) in [5, 5.41) is 3.98. The van der Waals surface area contributed by atoms with E-state index in [1.54, 1.807) is 0 Å². The predicted octanol–water partition coefficient (Wildman–Crippen LogP) is 3.04. The second-order valence-corrected chi connectivity index (χ2v) is 7.16. The van der Waals surface area contributed by atoms with Gasteiger partial charge in [0.05, 0.1) is 0 Å². The van der Waals surface area contributed by atoms with E-state index in [0.29, 0.717) is 5.92 Å². The largest absolute Gasteiger partial charge is 0.373 e. The van der Waals surface area contributed by atoms with Gasteiger partial charge in [-0.15, -0.1) is 0 Å². The zero-order chi connectivity index (χ0) is 14.1. The second kappa shape index (κ2) is 5.80. The zero-order valence-corrected chi connectivity index (χ0v) is 13.5. The van der Waals surface area contributed by atoms with Crippen molar-refractivity contribution in [3.63, 3.8) is 0 Å². The van der Waals surface area contributed by atoms with Crippen molar-refractivity contribution in [2.24, 2.45) is 0 Å². The highest BCUT2D eigenvalue weighted by Crippen LogP contribution is 2.40. The highest BCUT2D eigenvalue weighted by molar-refractivity contribution is 8.00. The number of aromatic nitrogens is 2. The molecule has 1 aliphatic heterocycles. The first kappa shape index (κ1) is 14.0. The van der Waals surface area contributed by atoms with Gasteiger partial charge in [0.1, 0.15) is 17.5 Å². The van der Waals surface area contributed by atoms with Crippen molar-refractivity contribution in [1.82, 2.24) is 9.97 Å². The van der Waals surface area contributed by atoms with Crippen molar-refractivity contribution < 1.29 is 0 Å². The fourth-order valence-electron chi connectivity index (χ4n) is 2.76. The number of rotatable bonds is 4. The SMILES string of the molecule is CCC1CN(c2nc(C3CC3)nc(NC)c2C)CCS1. The van der Waals surface area contributed by atoms with Crippen molar-refractivity contribution in [2.75, 3.05) is 36.1 Å². The molecule has 20 heavy (non-hydrogen) atoms. The quantitative estimate of drug-likeness (QED) is 0.924. The summed E-state index contributed by atoms with van der Waals surface area (Å²) in [6, 6.07) is 0. The van der Waals surface area contributed by atoms with Gasteiger partial charge in [0.25, 0.3) is 0 Å². The summed E-state index contributed by atoms with van der Waals surface area (Å²) in [4.78, 5) is 12.1. The zero-order valence-electron chi connectivity index (χ0n) is 12.6. The Morgan fingerprint density at radius 2 is 2.15 bits per heavy atom. The van der Waals surface area contributed by atoms with Gasteiger partial charge in [-0.25, -0.2) is 9.97 Å². The van der Waals surface area contributed by atoms with E-state index >= 15 is 0 Å². The summed E-state index contributed by atoms with van der Waals surface area (Å²) >= 11 is 2.10. The second-order valence-electron chi connectivity index (χ2n) is 5.75. The molecule has 1 saturated heterocycles. The minimum atomic E-state index is 0.600. The van der Waals surface area contributed by atoms with Crippen LogP contribution >= 0.6 is 11.8 Å². The van der Waals surface area contributed by atoms with E-state index in [9.17, 15) is 0 Å². The molecule has 2 fully saturated rings. The van der Waals surface area contributed by atoms with Crippen LogP contribution < -0.4 is 10.2 Å². The number of anilines is 2. The van der Waals surface area contributed by atoms with Crippen LogP contribution in [0, 0.1) is 6.92 Å². The molecule has 1 N–H and O–H groups in total. The maximum Gasteiger partial charge on any atom is 0.137 e. The van der Waals surface area contributed by atoms with E-state index in [2.05, 4.69) is 35.8 Å². The molecule has 2 heterocycles. The average molecular weight is 292 g/mol. The Balaban J connectivity index is 1.92. The summed E-state index contributed by atoms with van der Waals surface area (Å²) < 4.78 is 0. The molecular weight excluding hydrogens is 268 g/mol. The summed E-state index contributed by atoms with van der Waals surface area (Å²) in [7, 11) is 1.96. The van der Waals surface area contributed by atoms with Gasteiger partial charge in [0.2, 0.25) is 0 Å². The molecule has 1 aromatic heterocycles. The first-order valence-corrected chi connectivity index (χ1v) is 8.70. The molecule has 1 saturated carbocycles. The maximum atomic E-state index is 4.90. The van der Waals surface area contributed by atoms with Gasteiger partial charge in [-0.1, -0.05) is 6.92 Å². The van der Waals surface area contributed by atoms with Gasteiger partial charge in [0, 0.05) is 42.6 Å². The fourth-order valence-corrected chi connectivity index (χ4v) is 3.94. The average Bonchev–Trinajstić information content (AvgIpc) is 3.32. The Labute approximate surface area is 125 Å². The summed E-state index contributed by atoms with van der Waals surface area (Å²) in [6.45, 7) is 6.64. The molecule has 2 aliphatic rings. The highest BCUT2D eigenvalue weighted by atomic mass is 32.2. The molecule has 0 amide bonds. The first-order chi connectivity index (χ1) is 9.72. The smallest absolute Gasteiger partial charge is 0.137 e. The Kier molecular flexibility index (Phi) is 4.06. The number of hydrogen-bond donors (Lipinski definition) is 1. The number of nitrogens with zero attached hydrogens (tertiary/aromatic N) is 3. The van der Waals surface area contributed by atoms with E-state index in [1.807, 2.05) is 7.05 Å². The van der Waals surface area contributed by atoms with Gasteiger partial charge in [-0.05, 0) is 26.2 Å². The number of nitrogens with one attached hydrogen (secondary N) is 1. The van der Waals surface area contributed by atoms with E-state index in [-0.39, 0.29) is 0 Å². The normalized spacial score (nSPS) is 22.9. The Bertz CT molecular complexity index is 487. The van der Waals surface area contributed by atoms with Crippen LogP contribution in [0.25, 0.3) is 0 Å². The molecule has 5 heteroatoms. The first-order valence-electron chi connectivity index (χ1n) is 7.65. The van der Waals surface area contributed by atoms with Crippen molar-refractivity contribution in [3.05, 3.63) is 11.4 Å². The predicted molar refractivity (Wildman–Crippen MR) is 87.0 cm³/mol. The molecule has 110 valence electrons. The van der Waals surface area contributed by atoms with E-state index in [1.165, 1.54) is 30.6 Å². The lowest BCUT2D eigenvalue weighted by atomic mass is 10.2. The van der Waals surface area contributed by atoms with Crippen molar-refractivity contribution in [3.8, 4) is 0 Å². The molecule has 0 radical (unpaired) electrons. The van der Waals surface area contributed by atoms with Crippen LogP contribution in [0.4, 0.5) is 11.6 Å². The number of thioether (sulfide) groups is 1. The Morgan fingerprint density at radius 1 is 1.35 bits per heavy atom. The van der Waals surface area contributed by atoms with Gasteiger partial charge >= 0.3 is 0 Å². The molecule has 3 rings (SSSR count). The summed E-state index contributed by atoms with van der Waals surface area (Å²) in [5.41, 5.74) is 1.19. The minimum Gasteiger partial charge on any atom is -0.373 e. The van der Waals surface area contributed by atoms with Crippen LogP contribution in [-0.2, 0) is 0 Å². The van der Waals surface area contributed by atoms with Crippen LogP contribution in [0.15, 0.2) is 0 Å². The molecular formula is C15H24N4S.